The van der Waals surface area contributed by atoms with E-state index in [1.165, 1.54) is 25.8 Å². The van der Waals surface area contributed by atoms with E-state index < -0.39 is 0 Å². The van der Waals surface area contributed by atoms with Gasteiger partial charge in [-0.05, 0) is 38.6 Å². The molecule has 0 aliphatic carbocycles. The Morgan fingerprint density at radius 2 is 2.21 bits per heavy atom. The number of carbonyl (C=O) groups is 1. The standard InChI is InChI=1S/C14H27N3O2/c1-2-11(7-10-18)15-14(19)16-12-6-9-17-8-4-3-5-13(12)17/h11-13,18H,2-10H2,1H3,(H2,15,16,19). The average Bonchev–Trinajstić information content (AvgIpc) is 2.82. The van der Waals surface area contributed by atoms with E-state index in [2.05, 4.69) is 15.5 Å². The number of piperidine rings is 1. The molecule has 0 bridgehead atoms. The van der Waals surface area contributed by atoms with E-state index in [-0.39, 0.29) is 18.7 Å². The van der Waals surface area contributed by atoms with Gasteiger partial charge in [-0.25, -0.2) is 4.79 Å². The first-order chi connectivity index (χ1) is 9.24. The molecule has 3 N–H and O–H groups in total. The van der Waals surface area contributed by atoms with Crippen molar-refractivity contribution in [2.24, 2.45) is 0 Å². The Balaban J connectivity index is 1.78. The second kappa shape index (κ2) is 7.10. The average molecular weight is 269 g/mol. The first kappa shape index (κ1) is 14.6. The Hall–Kier alpha value is -0.810. The van der Waals surface area contributed by atoms with Gasteiger partial charge in [0.1, 0.15) is 0 Å². The number of hydrogen-bond acceptors (Lipinski definition) is 3. The minimum atomic E-state index is -0.0716. The van der Waals surface area contributed by atoms with E-state index in [9.17, 15) is 4.79 Å². The second-order valence-electron chi connectivity index (χ2n) is 5.73. The minimum absolute atomic E-state index is 0.0716. The molecule has 19 heavy (non-hydrogen) atoms. The number of carbonyl (C=O) groups excluding carboxylic acids is 1. The minimum Gasteiger partial charge on any atom is -0.396 e. The fourth-order valence-corrected chi connectivity index (χ4v) is 3.35. The van der Waals surface area contributed by atoms with E-state index in [4.69, 9.17) is 5.11 Å². The fraction of sp³-hybridized carbons (Fsp3) is 0.929. The molecule has 5 nitrogen and oxygen atoms in total. The van der Waals surface area contributed by atoms with Gasteiger partial charge in [0, 0.05) is 31.3 Å². The lowest BCUT2D eigenvalue weighted by molar-refractivity contribution is 0.177. The summed E-state index contributed by atoms with van der Waals surface area (Å²) >= 11 is 0. The molecule has 2 fully saturated rings. The van der Waals surface area contributed by atoms with E-state index in [1.54, 1.807) is 0 Å². The highest BCUT2D eigenvalue weighted by Crippen LogP contribution is 2.26. The Labute approximate surface area is 115 Å². The summed E-state index contributed by atoms with van der Waals surface area (Å²) in [6.45, 7) is 4.45. The van der Waals surface area contributed by atoms with Crippen molar-refractivity contribution >= 4 is 6.03 Å². The third-order valence-electron chi connectivity index (χ3n) is 4.48. The molecule has 0 aromatic heterocycles. The van der Waals surface area contributed by atoms with Crippen LogP contribution in [-0.4, -0.2) is 53.9 Å². The Morgan fingerprint density at radius 3 is 2.95 bits per heavy atom. The van der Waals surface area contributed by atoms with Gasteiger partial charge in [-0.3, -0.25) is 4.90 Å². The molecule has 2 amide bonds. The van der Waals surface area contributed by atoms with E-state index in [0.29, 0.717) is 18.5 Å². The predicted octanol–water partition coefficient (Wildman–Crippen LogP) is 1.07. The van der Waals surface area contributed by atoms with Crippen LogP contribution in [0.1, 0.15) is 45.4 Å². The lowest BCUT2D eigenvalue weighted by atomic mass is 9.99. The topological polar surface area (TPSA) is 64.6 Å². The van der Waals surface area contributed by atoms with Crippen LogP contribution >= 0.6 is 0 Å². The van der Waals surface area contributed by atoms with Crippen LogP contribution in [0.15, 0.2) is 0 Å². The van der Waals surface area contributed by atoms with Crippen molar-refractivity contribution in [3.63, 3.8) is 0 Å². The molecule has 3 atom stereocenters. The molecule has 5 heteroatoms. The van der Waals surface area contributed by atoms with Crippen molar-refractivity contribution in [2.75, 3.05) is 19.7 Å². The summed E-state index contributed by atoms with van der Waals surface area (Å²) in [5, 5.41) is 15.0. The summed E-state index contributed by atoms with van der Waals surface area (Å²) in [6.07, 6.45) is 6.33. The van der Waals surface area contributed by atoms with Crippen molar-refractivity contribution < 1.29 is 9.90 Å². The van der Waals surface area contributed by atoms with Crippen LogP contribution in [0.3, 0.4) is 0 Å². The summed E-state index contributed by atoms with van der Waals surface area (Å²) in [5.74, 6) is 0. The number of aliphatic hydroxyl groups excluding tert-OH is 1. The second-order valence-corrected chi connectivity index (χ2v) is 5.73. The van der Waals surface area contributed by atoms with Crippen molar-refractivity contribution in [3.8, 4) is 0 Å². The lowest BCUT2D eigenvalue weighted by Crippen LogP contribution is -2.51. The molecule has 2 saturated heterocycles. The van der Waals surface area contributed by atoms with Crippen LogP contribution in [0.2, 0.25) is 0 Å². The van der Waals surface area contributed by atoms with Gasteiger partial charge in [0.05, 0.1) is 0 Å². The third kappa shape index (κ3) is 3.83. The van der Waals surface area contributed by atoms with E-state index in [0.717, 1.165) is 19.4 Å². The molecular weight excluding hydrogens is 242 g/mol. The molecule has 2 aliphatic rings. The van der Waals surface area contributed by atoms with Gasteiger partial charge < -0.3 is 15.7 Å². The highest BCUT2D eigenvalue weighted by atomic mass is 16.3. The molecule has 0 aromatic carbocycles. The lowest BCUT2D eigenvalue weighted by Gasteiger charge is -2.32. The summed E-state index contributed by atoms with van der Waals surface area (Å²) in [4.78, 5) is 14.5. The van der Waals surface area contributed by atoms with Crippen LogP contribution in [0.25, 0.3) is 0 Å². The largest absolute Gasteiger partial charge is 0.396 e. The normalized spacial score (nSPS) is 28.7. The molecule has 2 aliphatic heterocycles. The van der Waals surface area contributed by atoms with Crippen LogP contribution in [0, 0.1) is 0 Å². The number of urea groups is 1. The zero-order valence-corrected chi connectivity index (χ0v) is 11.9. The zero-order valence-electron chi connectivity index (χ0n) is 11.9. The SMILES string of the molecule is CCC(CCO)NC(=O)NC1CCN2CCCCC12. The van der Waals surface area contributed by atoms with Gasteiger partial charge in [-0.1, -0.05) is 13.3 Å². The van der Waals surface area contributed by atoms with Gasteiger partial charge in [0.2, 0.25) is 0 Å². The summed E-state index contributed by atoms with van der Waals surface area (Å²) in [5.41, 5.74) is 0. The molecule has 3 unspecified atom stereocenters. The molecule has 0 saturated carbocycles. The van der Waals surface area contributed by atoms with Crippen molar-refractivity contribution in [1.29, 1.82) is 0 Å². The van der Waals surface area contributed by atoms with Crippen LogP contribution in [0.4, 0.5) is 4.79 Å². The number of aliphatic hydroxyl groups is 1. The molecule has 0 aromatic rings. The number of fused-ring (bicyclic) bond motifs is 1. The maximum atomic E-state index is 12.0. The quantitative estimate of drug-likeness (QED) is 0.699. The zero-order chi connectivity index (χ0) is 13.7. The molecule has 0 spiro atoms. The number of amides is 2. The van der Waals surface area contributed by atoms with Crippen LogP contribution < -0.4 is 10.6 Å². The van der Waals surface area contributed by atoms with Gasteiger partial charge in [0.15, 0.2) is 0 Å². The summed E-state index contributed by atoms with van der Waals surface area (Å²) < 4.78 is 0. The van der Waals surface area contributed by atoms with Gasteiger partial charge in [-0.2, -0.15) is 0 Å². The number of nitrogens with zero attached hydrogens (tertiary/aromatic N) is 1. The molecule has 2 heterocycles. The fourth-order valence-electron chi connectivity index (χ4n) is 3.35. The first-order valence-electron chi connectivity index (χ1n) is 7.66. The van der Waals surface area contributed by atoms with Crippen molar-refractivity contribution in [2.45, 2.75) is 63.6 Å². The Kier molecular flexibility index (Phi) is 5.45. The molecular formula is C14H27N3O2. The number of nitrogens with one attached hydrogen (secondary N) is 2. The van der Waals surface area contributed by atoms with E-state index in [1.807, 2.05) is 6.92 Å². The Morgan fingerprint density at radius 1 is 1.37 bits per heavy atom. The van der Waals surface area contributed by atoms with Crippen molar-refractivity contribution in [3.05, 3.63) is 0 Å². The maximum Gasteiger partial charge on any atom is 0.315 e. The van der Waals surface area contributed by atoms with Crippen LogP contribution in [0.5, 0.6) is 0 Å². The number of rotatable bonds is 5. The highest BCUT2D eigenvalue weighted by Gasteiger charge is 2.36. The Bertz CT molecular complexity index is 298. The van der Waals surface area contributed by atoms with Crippen LogP contribution in [-0.2, 0) is 0 Å². The predicted molar refractivity (Wildman–Crippen MR) is 75.1 cm³/mol. The smallest absolute Gasteiger partial charge is 0.315 e. The van der Waals surface area contributed by atoms with Crippen molar-refractivity contribution in [1.82, 2.24) is 15.5 Å². The van der Waals surface area contributed by atoms with Gasteiger partial charge in [-0.15, -0.1) is 0 Å². The maximum absolute atomic E-state index is 12.0. The third-order valence-corrected chi connectivity index (χ3v) is 4.48. The molecule has 0 radical (unpaired) electrons. The summed E-state index contributed by atoms with van der Waals surface area (Å²) in [6, 6.07) is 0.843. The highest BCUT2D eigenvalue weighted by molar-refractivity contribution is 5.74. The first-order valence-corrected chi connectivity index (χ1v) is 7.66. The molecule has 110 valence electrons. The van der Waals surface area contributed by atoms with E-state index >= 15 is 0 Å². The van der Waals surface area contributed by atoms with Gasteiger partial charge in [0.25, 0.3) is 0 Å². The van der Waals surface area contributed by atoms with Gasteiger partial charge >= 0.3 is 6.03 Å². The monoisotopic (exact) mass is 269 g/mol. The summed E-state index contributed by atoms with van der Waals surface area (Å²) in [7, 11) is 0. The molecule has 2 rings (SSSR count). The number of hydrogen-bond donors (Lipinski definition) is 3.